The molecule has 0 fully saturated rings. The van der Waals surface area contributed by atoms with Crippen molar-refractivity contribution in [2.24, 2.45) is 10.2 Å². The lowest BCUT2D eigenvalue weighted by Crippen LogP contribution is -1.78. The van der Waals surface area contributed by atoms with Crippen LogP contribution in [0.4, 0.5) is 5.69 Å². The molecular weight excluding hydrogens is 162 g/mol. The number of hydrogen-bond donors (Lipinski definition) is 1. The molecule has 0 bridgehead atoms. The summed E-state index contributed by atoms with van der Waals surface area (Å²) in [6, 6.07) is 6.02. The highest BCUT2D eigenvalue weighted by Gasteiger charge is 1.94. The van der Waals surface area contributed by atoms with E-state index in [-0.39, 0.29) is 0 Å². The van der Waals surface area contributed by atoms with Crippen LogP contribution < -0.4 is 0 Å². The first kappa shape index (κ1) is 9.58. The van der Waals surface area contributed by atoms with E-state index in [0.717, 1.165) is 11.3 Å². The molecule has 1 rings (SSSR count). The van der Waals surface area contributed by atoms with Gasteiger partial charge in [0.25, 0.3) is 0 Å². The van der Waals surface area contributed by atoms with Crippen molar-refractivity contribution < 1.29 is 0 Å². The fourth-order valence-corrected chi connectivity index (χ4v) is 1.08. The molecule has 0 amide bonds. The van der Waals surface area contributed by atoms with E-state index in [0.29, 0.717) is 6.54 Å². The maximum atomic E-state index is 6.78. The SMILES string of the molecule is Cc1ccc(N=NCC=N)c(C)c1. The molecule has 68 valence electrons. The summed E-state index contributed by atoms with van der Waals surface area (Å²) in [7, 11) is 0. The van der Waals surface area contributed by atoms with Crippen molar-refractivity contribution in [2.45, 2.75) is 13.8 Å². The Morgan fingerprint density at radius 3 is 2.77 bits per heavy atom. The fraction of sp³-hybridized carbons (Fsp3) is 0.300. The molecule has 3 nitrogen and oxygen atoms in total. The predicted octanol–water partition coefficient (Wildman–Crippen LogP) is 3.04. The van der Waals surface area contributed by atoms with E-state index in [2.05, 4.69) is 16.3 Å². The minimum absolute atomic E-state index is 0.354. The van der Waals surface area contributed by atoms with E-state index in [1.165, 1.54) is 11.8 Å². The monoisotopic (exact) mass is 175 g/mol. The molecule has 0 radical (unpaired) electrons. The summed E-state index contributed by atoms with van der Waals surface area (Å²) in [5.41, 5.74) is 3.23. The standard InChI is InChI=1S/C10H13N3/c1-8-3-4-10(9(2)7-8)13-12-6-5-11/h3-5,7,11H,6H2,1-2H3. The van der Waals surface area contributed by atoms with Crippen molar-refractivity contribution in [1.82, 2.24) is 0 Å². The first-order valence-electron chi connectivity index (χ1n) is 4.17. The molecule has 0 aromatic heterocycles. The number of rotatable bonds is 3. The van der Waals surface area contributed by atoms with E-state index >= 15 is 0 Å². The number of benzene rings is 1. The minimum Gasteiger partial charge on any atom is -0.311 e. The number of aryl methyl sites for hydroxylation is 2. The highest BCUT2D eigenvalue weighted by molar-refractivity contribution is 5.55. The Kier molecular flexibility index (Phi) is 3.31. The molecule has 0 aliphatic rings. The molecule has 1 N–H and O–H groups in total. The van der Waals surface area contributed by atoms with Crippen molar-refractivity contribution in [1.29, 1.82) is 5.41 Å². The van der Waals surface area contributed by atoms with Crippen LogP contribution in [0.3, 0.4) is 0 Å². The molecule has 3 heteroatoms. The molecule has 1 aromatic rings. The molecule has 0 saturated heterocycles. The third-order valence-corrected chi connectivity index (χ3v) is 1.70. The van der Waals surface area contributed by atoms with E-state index in [1.54, 1.807) is 0 Å². The van der Waals surface area contributed by atoms with Crippen LogP contribution in [-0.4, -0.2) is 12.8 Å². The molecule has 0 atom stereocenters. The second-order valence-electron chi connectivity index (χ2n) is 2.92. The van der Waals surface area contributed by atoms with Gasteiger partial charge in [-0.25, -0.2) is 0 Å². The Bertz CT molecular complexity index is 329. The van der Waals surface area contributed by atoms with Gasteiger partial charge in [0.2, 0.25) is 0 Å². The molecule has 0 spiro atoms. The van der Waals surface area contributed by atoms with Crippen LogP contribution in [-0.2, 0) is 0 Å². The normalized spacial score (nSPS) is 10.6. The predicted molar refractivity (Wildman–Crippen MR) is 54.1 cm³/mol. The lowest BCUT2D eigenvalue weighted by Gasteiger charge is -1.99. The zero-order valence-corrected chi connectivity index (χ0v) is 7.91. The first-order valence-corrected chi connectivity index (χ1v) is 4.17. The summed E-state index contributed by atoms with van der Waals surface area (Å²) in [4.78, 5) is 0. The third-order valence-electron chi connectivity index (χ3n) is 1.70. The van der Waals surface area contributed by atoms with Gasteiger partial charge in [-0.2, -0.15) is 10.2 Å². The van der Waals surface area contributed by atoms with Gasteiger partial charge < -0.3 is 5.41 Å². The zero-order chi connectivity index (χ0) is 9.68. The summed E-state index contributed by atoms with van der Waals surface area (Å²) >= 11 is 0. The largest absolute Gasteiger partial charge is 0.311 e. The van der Waals surface area contributed by atoms with Crippen molar-refractivity contribution in [3.63, 3.8) is 0 Å². The second-order valence-corrected chi connectivity index (χ2v) is 2.92. The van der Waals surface area contributed by atoms with Crippen LogP contribution in [0.1, 0.15) is 11.1 Å². The van der Waals surface area contributed by atoms with Gasteiger partial charge in [0, 0.05) is 6.21 Å². The summed E-state index contributed by atoms with van der Waals surface area (Å²) < 4.78 is 0. The maximum absolute atomic E-state index is 6.78. The summed E-state index contributed by atoms with van der Waals surface area (Å²) in [5, 5.41) is 14.6. The number of azo groups is 1. The maximum Gasteiger partial charge on any atom is 0.0948 e. The van der Waals surface area contributed by atoms with Gasteiger partial charge in [0.05, 0.1) is 12.2 Å². The van der Waals surface area contributed by atoms with Crippen LogP contribution in [0.5, 0.6) is 0 Å². The Hall–Kier alpha value is -1.51. The van der Waals surface area contributed by atoms with Gasteiger partial charge >= 0.3 is 0 Å². The van der Waals surface area contributed by atoms with Gasteiger partial charge in [0.1, 0.15) is 0 Å². The zero-order valence-electron chi connectivity index (χ0n) is 7.91. The molecule has 13 heavy (non-hydrogen) atoms. The van der Waals surface area contributed by atoms with E-state index in [9.17, 15) is 0 Å². The second kappa shape index (κ2) is 4.50. The van der Waals surface area contributed by atoms with Crippen molar-refractivity contribution in [3.05, 3.63) is 29.3 Å². The van der Waals surface area contributed by atoms with Crippen LogP contribution in [0.2, 0.25) is 0 Å². The molecule has 0 heterocycles. The highest BCUT2D eigenvalue weighted by atomic mass is 15.1. The van der Waals surface area contributed by atoms with Gasteiger partial charge in [-0.1, -0.05) is 17.7 Å². The van der Waals surface area contributed by atoms with Gasteiger partial charge in [-0.3, -0.25) is 0 Å². The third kappa shape index (κ3) is 2.78. The molecule has 0 saturated carbocycles. The highest BCUT2D eigenvalue weighted by Crippen LogP contribution is 2.19. The Morgan fingerprint density at radius 2 is 2.15 bits per heavy atom. The van der Waals surface area contributed by atoms with E-state index in [4.69, 9.17) is 5.41 Å². The molecule has 0 aliphatic heterocycles. The van der Waals surface area contributed by atoms with Gasteiger partial charge in [0.15, 0.2) is 0 Å². The lowest BCUT2D eigenvalue weighted by atomic mass is 10.1. The Labute approximate surface area is 78.0 Å². The van der Waals surface area contributed by atoms with Gasteiger partial charge in [-0.05, 0) is 25.5 Å². The smallest absolute Gasteiger partial charge is 0.0948 e. The summed E-state index contributed by atoms with van der Waals surface area (Å²) in [6.07, 6.45) is 1.23. The minimum atomic E-state index is 0.354. The van der Waals surface area contributed by atoms with Crippen LogP contribution in [0, 0.1) is 19.3 Å². The van der Waals surface area contributed by atoms with Crippen LogP contribution >= 0.6 is 0 Å². The van der Waals surface area contributed by atoms with Crippen molar-refractivity contribution >= 4 is 11.9 Å². The summed E-state index contributed by atoms with van der Waals surface area (Å²) in [5.74, 6) is 0. The molecule has 0 unspecified atom stereocenters. The molecule has 1 aromatic carbocycles. The average Bonchev–Trinajstić information content (AvgIpc) is 2.09. The Morgan fingerprint density at radius 1 is 1.38 bits per heavy atom. The van der Waals surface area contributed by atoms with E-state index in [1.807, 2.05) is 26.0 Å². The first-order chi connectivity index (χ1) is 6.24. The van der Waals surface area contributed by atoms with Crippen LogP contribution in [0.25, 0.3) is 0 Å². The van der Waals surface area contributed by atoms with Gasteiger partial charge in [-0.15, -0.1) is 0 Å². The fourth-order valence-electron chi connectivity index (χ4n) is 1.08. The topological polar surface area (TPSA) is 48.6 Å². The average molecular weight is 175 g/mol. The quantitative estimate of drug-likeness (QED) is 0.542. The number of hydrogen-bond acceptors (Lipinski definition) is 3. The Balaban J connectivity index is 2.83. The molecule has 0 aliphatic carbocycles. The van der Waals surface area contributed by atoms with Crippen LogP contribution in [0.15, 0.2) is 28.4 Å². The van der Waals surface area contributed by atoms with Crippen molar-refractivity contribution in [3.8, 4) is 0 Å². The number of nitrogens with one attached hydrogen (secondary N) is 1. The van der Waals surface area contributed by atoms with Crippen molar-refractivity contribution in [2.75, 3.05) is 6.54 Å². The lowest BCUT2D eigenvalue weighted by molar-refractivity contribution is 1.10. The number of nitrogens with zero attached hydrogens (tertiary/aromatic N) is 2. The summed E-state index contributed by atoms with van der Waals surface area (Å²) in [6.45, 7) is 4.41. The molecular formula is C10H13N3. The van der Waals surface area contributed by atoms with E-state index < -0.39 is 0 Å².